The second-order valence-electron chi connectivity index (χ2n) is 5.34. The number of aryl methyl sites for hydroxylation is 2. The van der Waals surface area contributed by atoms with E-state index in [0.717, 1.165) is 34.9 Å². The average molecular weight is 288 g/mol. The van der Waals surface area contributed by atoms with Crippen LogP contribution in [0, 0.1) is 0 Å². The van der Waals surface area contributed by atoms with Gasteiger partial charge >= 0.3 is 0 Å². The number of fused-ring (bicyclic) bond motifs is 1. The van der Waals surface area contributed by atoms with Crippen molar-refractivity contribution in [3.63, 3.8) is 0 Å². The minimum atomic E-state index is 0.704. The van der Waals surface area contributed by atoms with Crippen molar-refractivity contribution in [3.8, 4) is 0 Å². The molecule has 4 heteroatoms. The fourth-order valence-electron chi connectivity index (χ4n) is 2.67. The van der Waals surface area contributed by atoms with Gasteiger partial charge in [-0.1, -0.05) is 17.7 Å². The summed E-state index contributed by atoms with van der Waals surface area (Å²) in [5.74, 6) is 0.990. The molecule has 2 aromatic rings. The number of anilines is 2. The third kappa shape index (κ3) is 2.59. The Morgan fingerprint density at radius 3 is 2.95 bits per heavy atom. The van der Waals surface area contributed by atoms with Crippen LogP contribution < -0.4 is 10.6 Å². The summed E-state index contributed by atoms with van der Waals surface area (Å²) >= 11 is 6.22. The molecule has 0 fully saturated rings. The molecule has 1 aliphatic carbocycles. The molecule has 0 radical (unpaired) electrons. The highest BCUT2D eigenvalue weighted by atomic mass is 35.5. The molecule has 1 aromatic heterocycles. The topological polar surface area (TPSA) is 42.1 Å². The number of hydrogen-bond acceptors (Lipinski definition) is 3. The fourth-order valence-corrected chi connectivity index (χ4v) is 2.85. The summed E-state index contributed by atoms with van der Waals surface area (Å²) in [6, 6.07) is 9.87. The van der Waals surface area contributed by atoms with Gasteiger partial charge in [0.05, 0.1) is 0 Å². The van der Waals surface area contributed by atoms with Gasteiger partial charge in [-0.25, -0.2) is 4.98 Å². The van der Waals surface area contributed by atoms with Crippen LogP contribution in [0.1, 0.15) is 23.2 Å². The summed E-state index contributed by atoms with van der Waals surface area (Å²) < 4.78 is 0. The maximum Gasteiger partial charge on any atom is 0.128 e. The molecule has 0 unspecified atom stereocenters. The second kappa shape index (κ2) is 5.33. The van der Waals surface area contributed by atoms with Crippen LogP contribution in [0.5, 0.6) is 0 Å². The van der Waals surface area contributed by atoms with Crippen LogP contribution in [-0.4, -0.2) is 12.0 Å². The number of rotatable bonds is 3. The molecular weight excluding hydrogens is 270 g/mol. The number of pyridine rings is 1. The van der Waals surface area contributed by atoms with Gasteiger partial charge in [0.25, 0.3) is 0 Å². The molecule has 1 aromatic carbocycles. The molecule has 2 N–H and O–H groups in total. The van der Waals surface area contributed by atoms with Crippen molar-refractivity contribution in [1.29, 1.82) is 0 Å². The lowest BCUT2D eigenvalue weighted by molar-refractivity contribution is 0.874. The normalized spacial score (nSPS) is 13.3. The first-order chi connectivity index (χ1) is 9.63. The maximum atomic E-state index is 6.22. The van der Waals surface area contributed by atoms with Crippen molar-refractivity contribution in [3.05, 3.63) is 52.2 Å². The van der Waals surface area contributed by atoms with Crippen LogP contribution >= 0.6 is 11.6 Å². The molecule has 1 aliphatic rings. The van der Waals surface area contributed by atoms with E-state index in [1.807, 2.05) is 25.2 Å². The number of nitrogens with zero attached hydrogens (tertiary/aromatic N) is 2. The third-order valence-corrected chi connectivity index (χ3v) is 4.15. The highest BCUT2D eigenvalue weighted by molar-refractivity contribution is 6.31. The van der Waals surface area contributed by atoms with Crippen molar-refractivity contribution in [1.82, 2.24) is 4.98 Å². The molecule has 0 saturated carbocycles. The highest BCUT2D eigenvalue weighted by Crippen LogP contribution is 2.25. The second-order valence-corrected chi connectivity index (χ2v) is 5.74. The van der Waals surface area contributed by atoms with Crippen molar-refractivity contribution in [2.24, 2.45) is 0 Å². The van der Waals surface area contributed by atoms with E-state index in [-0.39, 0.29) is 0 Å². The van der Waals surface area contributed by atoms with Crippen molar-refractivity contribution in [2.75, 3.05) is 17.7 Å². The Morgan fingerprint density at radius 1 is 1.25 bits per heavy atom. The SMILES string of the molecule is CN(Cc1cc(N)ccc1Cl)c1ccc2c(n1)CCC2. The third-order valence-electron chi connectivity index (χ3n) is 3.78. The van der Waals surface area contributed by atoms with Gasteiger partial charge in [0.1, 0.15) is 5.82 Å². The monoisotopic (exact) mass is 287 g/mol. The van der Waals surface area contributed by atoms with Gasteiger partial charge in [0.15, 0.2) is 0 Å². The fraction of sp³-hybridized carbons (Fsp3) is 0.312. The molecule has 0 aliphatic heterocycles. The minimum Gasteiger partial charge on any atom is -0.399 e. The number of benzene rings is 1. The Balaban J connectivity index is 1.82. The van der Waals surface area contributed by atoms with Crippen molar-refractivity contribution >= 4 is 23.1 Å². The Morgan fingerprint density at radius 2 is 2.10 bits per heavy atom. The molecular formula is C16H18ClN3. The molecule has 0 amide bonds. The number of aromatic nitrogens is 1. The zero-order chi connectivity index (χ0) is 14.1. The lowest BCUT2D eigenvalue weighted by atomic mass is 10.2. The first kappa shape index (κ1) is 13.3. The van der Waals surface area contributed by atoms with Gasteiger partial charge in [-0.15, -0.1) is 0 Å². The standard InChI is InChI=1S/C16H18ClN3/c1-20(10-12-9-13(18)6-7-14(12)17)16-8-5-11-3-2-4-15(11)19-16/h5-9H,2-4,10,18H2,1H3. The molecule has 104 valence electrons. The molecule has 0 bridgehead atoms. The summed E-state index contributed by atoms with van der Waals surface area (Å²) in [5, 5.41) is 0.743. The van der Waals surface area contributed by atoms with E-state index in [4.69, 9.17) is 22.3 Å². The van der Waals surface area contributed by atoms with Gasteiger partial charge in [-0.2, -0.15) is 0 Å². The zero-order valence-electron chi connectivity index (χ0n) is 11.6. The molecule has 3 nitrogen and oxygen atoms in total. The van der Waals surface area contributed by atoms with Crippen LogP contribution in [0.4, 0.5) is 11.5 Å². The van der Waals surface area contributed by atoms with Crippen molar-refractivity contribution in [2.45, 2.75) is 25.8 Å². The van der Waals surface area contributed by atoms with Crippen LogP contribution in [-0.2, 0) is 19.4 Å². The van der Waals surface area contributed by atoms with Gasteiger partial charge in [-0.05, 0) is 54.7 Å². The molecule has 1 heterocycles. The number of halogens is 1. The van der Waals surface area contributed by atoms with Crippen molar-refractivity contribution < 1.29 is 0 Å². The Hall–Kier alpha value is -1.74. The summed E-state index contributed by atoms with van der Waals surface area (Å²) in [7, 11) is 2.03. The number of nitrogens with two attached hydrogens (primary N) is 1. The van der Waals surface area contributed by atoms with Crippen LogP contribution in [0.2, 0.25) is 5.02 Å². The van der Waals surface area contributed by atoms with Gasteiger partial charge in [-0.3, -0.25) is 0 Å². The van der Waals surface area contributed by atoms with E-state index in [2.05, 4.69) is 17.0 Å². The molecule has 20 heavy (non-hydrogen) atoms. The molecule has 0 atom stereocenters. The summed E-state index contributed by atoms with van der Waals surface area (Å²) in [6.07, 6.45) is 3.47. The molecule has 3 rings (SSSR count). The quantitative estimate of drug-likeness (QED) is 0.879. The van der Waals surface area contributed by atoms with E-state index < -0.39 is 0 Å². The predicted octanol–water partition coefficient (Wildman–Crippen LogP) is 3.44. The largest absolute Gasteiger partial charge is 0.399 e. The van der Waals surface area contributed by atoms with E-state index >= 15 is 0 Å². The van der Waals surface area contributed by atoms with E-state index in [1.54, 1.807) is 0 Å². The first-order valence-corrected chi connectivity index (χ1v) is 7.25. The Bertz CT molecular complexity index is 640. The van der Waals surface area contributed by atoms with Gasteiger partial charge in [0, 0.05) is 30.0 Å². The van der Waals surface area contributed by atoms with Crippen LogP contribution in [0.3, 0.4) is 0 Å². The van der Waals surface area contributed by atoms with E-state index in [9.17, 15) is 0 Å². The minimum absolute atomic E-state index is 0.704. The summed E-state index contributed by atoms with van der Waals surface area (Å²) in [4.78, 5) is 6.86. The average Bonchev–Trinajstić information content (AvgIpc) is 2.90. The lowest BCUT2D eigenvalue weighted by Crippen LogP contribution is -2.18. The Labute approximate surface area is 124 Å². The zero-order valence-corrected chi connectivity index (χ0v) is 12.3. The van der Waals surface area contributed by atoms with Gasteiger partial charge in [0.2, 0.25) is 0 Å². The smallest absolute Gasteiger partial charge is 0.128 e. The number of hydrogen-bond donors (Lipinski definition) is 1. The summed E-state index contributed by atoms with van der Waals surface area (Å²) in [5.41, 5.74) is 10.2. The van der Waals surface area contributed by atoms with Crippen LogP contribution in [0.25, 0.3) is 0 Å². The van der Waals surface area contributed by atoms with Crippen LogP contribution in [0.15, 0.2) is 30.3 Å². The van der Waals surface area contributed by atoms with E-state index in [1.165, 1.54) is 17.7 Å². The van der Waals surface area contributed by atoms with E-state index in [0.29, 0.717) is 6.54 Å². The maximum absolute atomic E-state index is 6.22. The lowest BCUT2D eigenvalue weighted by Gasteiger charge is -2.20. The number of nitrogen functional groups attached to an aromatic ring is 1. The predicted molar refractivity (Wildman–Crippen MR) is 84.2 cm³/mol. The summed E-state index contributed by atoms with van der Waals surface area (Å²) in [6.45, 7) is 0.704. The first-order valence-electron chi connectivity index (χ1n) is 6.87. The molecule has 0 spiro atoms. The molecule has 0 saturated heterocycles. The highest BCUT2D eigenvalue weighted by Gasteiger charge is 2.14. The Kier molecular flexibility index (Phi) is 3.53. The van der Waals surface area contributed by atoms with Gasteiger partial charge < -0.3 is 10.6 Å².